The minimum absolute atomic E-state index is 0.181. The molecule has 0 aliphatic rings. The Labute approximate surface area is 227 Å². The molecule has 4 rings (SSSR count). The number of rotatable bonds is 12. The van der Waals surface area contributed by atoms with Gasteiger partial charge in [-0.25, -0.2) is 9.59 Å². The van der Waals surface area contributed by atoms with Crippen molar-refractivity contribution >= 4 is 23.5 Å². The average Bonchev–Trinajstić information content (AvgIpc) is 3.49. The third-order valence-electron chi connectivity index (χ3n) is 5.83. The zero-order valence-corrected chi connectivity index (χ0v) is 22.0. The van der Waals surface area contributed by atoms with Crippen LogP contribution in [-0.4, -0.2) is 40.1 Å². The summed E-state index contributed by atoms with van der Waals surface area (Å²) in [5, 5.41) is 0. The molecular formula is C30H31N3O4S. The second-order valence-electron chi connectivity index (χ2n) is 8.73. The fourth-order valence-corrected chi connectivity index (χ4v) is 4.38. The second-order valence-corrected chi connectivity index (χ2v) is 9.70. The first-order valence-electron chi connectivity index (χ1n) is 12.5. The fraction of sp³-hybridized carbons (Fsp3) is 0.233. The quantitative estimate of drug-likeness (QED) is 0.209. The van der Waals surface area contributed by atoms with Crippen LogP contribution in [0, 0.1) is 0 Å². The van der Waals surface area contributed by atoms with Crippen molar-refractivity contribution in [1.82, 2.24) is 14.8 Å². The Bertz CT molecular complexity index is 1240. The highest BCUT2D eigenvalue weighted by molar-refractivity contribution is 7.09. The lowest BCUT2D eigenvalue weighted by molar-refractivity contribution is 0.0846. The average molecular weight is 530 g/mol. The van der Waals surface area contributed by atoms with E-state index in [2.05, 4.69) is 4.98 Å². The molecule has 3 aromatic carbocycles. The summed E-state index contributed by atoms with van der Waals surface area (Å²) in [4.78, 5) is 34.3. The fourth-order valence-electron chi connectivity index (χ4n) is 3.88. The number of carbonyl (C=O) groups is 2. The van der Waals surface area contributed by atoms with Crippen molar-refractivity contribution in [2.45, 2.75) is 32.7 Å². The van der Waals surface area contributed by atoms with Crippen LogP contribution in [0.2, 0.25) is 0 Å². The number of hydrogen-bond donors (Lipinski definition) is 0. The molecule has 8 heteroatoms. The van der Waals surface area contributed by atoms with E-state index in [0.29, 0.717) is 32.6 Å². The third kappa shape index (κ3) is 8.74. The van der Waals surface area contributed by atoms with Gasteiger partial charge in [0.15, 0.2) is 0 Å². The van der Waals surface area contributed by atoms with E-state index in [-0.39, 0.29) is 19.3 Å². The van der Waals surface area contributed by atoms with Gasteiger partial charge in [-0.2, -0.15) is 0 Å². The van der Waals surface area contributed by atoms with E-state index in [4.69, 9.17) is 9.47 Å². The van der Waals surface area contributed by atoms with Gasteiger partial charge < -0.3 is 19.3 Å². The number of hydrogen-bond acceptors (Lipinski definition) is 6. The van der Waals surface area contributed by atoms with Crippen LogP contribution >= 0.6 is 11.3 Å². The van der Waals surface area contributed by atoms with E-state index in [1.807, 2.05) is 91.0 Å². The van der Waals surface area contributed by atoms with Crippen LogP contribution in [0.4, 0.5) is 9.59 Å². The van der Waals surface area contributed by atoms with Gasteiger partial charge in [0.1, 0.15) is 13.2 Å². The normalized spacial score (nSPS) is 10.5. The number of benzene rings is 3. The van der Waals surface area contributed by atoms with Gasteiger partial charge in [0.25, 0.3) is 0 Å². The molecule has 0 saturated heterocycles. The van der Waals surface area contributed by atoms with E-state index >= 15 is 0 Å². The van der Waals surface area contributed by atoms with Crippen molar-refractivity contribution in [2.24, 2.45) is 0 Å². The number of thiazole rings is 1. The lowest BCUT2D eigenvalue weighted by atomic mass is 10.2. The third-order valence-corrected chi connectivity index (χ3v) is 6.58. The van der Waals surface area contributed by atoms with Crippen molar-refractivity contribution in [3.8, 4) is 0 Å². The molecule has 0 radical (unpaired) electrons. The van der Waals surface area contributed by atoms with Crippen molar-refractivity contribution in [3.63, 3.8) is 0 Å². The maximum absolute atomic E-state index is 13.0. The van der Waals surface area contributed by atoms with Gasteiger partial charge in [-0.3, -0.25) is 4.98 Å². The van der Waals surface area contributed by atoms with Crippen molar-refractivity contribution in [2.75, 3.05) is 13.1 Å². The van der Waals surface area contributed by atoms with Gasteiger partial charge in [0, 0.05) is 32.4 Å². The number of ether oxygens (including phenoxy) is 2. The monoisotopic (exact) mass is 529 g/mol. The van der Waals surface area contributed by atoms with Crippen molar-refractivity contribution < 1.29 is 19.1 Å². The zero-order valence-electron chi connectivity index (χ0n) is 21.1. The SMILES string of the molecule is O=C(OCc1ccccc1)N(CCCN(Cc1ccccc1)C(=O)OCc1cncs1)Cc1ccccc1. The summed E-state index contributed by atoms with van der Waals surface area (Å²) < 4.78 is 11.2. The standard InChI is InChI=1S/C30H31N3O4S/c34-29(36-22-27-15-8-3-9-16-27)32(20-25-11-4-1-5-12-25)17-10-18-33(21-26-13-6-2-7-14-26)30(35)37-23-28-19-31-24-38-28/h1-9,11-16,19,24H,10,17-18,20-23H2. The summed E-state index contributed by atoms with van der Waals surface area (Å²) in [5.41, 5.74) is 4.65. The second kappa shape index (κ2) is 14.5. The predicted molar refractivity (Wildman–Crippen MR) is 147 cm³/mol. The molecule has 0 aliphatic heterocycles. The Morgan fingerprint density at radius 1 is 0.658 bits per heavy atom. The molecule has 0 unspecified atom stereocenters. The minimum atomic E-state index is -0.400. The minimum Gasteiger partial charge on any atom is -0.445 e. The highest BCUT2D eigenvalue weighted by Crippen LogP contribution is 2.13. The Morgan fingerprint density at radius 2 is 1.13 bits per heavy atom. The predicted octanol–water partition coefficient (Wildman–Crippen LogP) is 6.51. The molecule has 1 aromatic heterocycles. The summed E-state index contributed by atoms with van der Waals surface area (Å²) in [6, 6.07) is 29.2. The molecule has 0 spiro atoms. The number of aromatic nitrogens is 1. The van der Waals surface area contributed by atoms with E-state index < -0.39 is 6.09 Å². The van der Waals surface area contributed by atoms with Gasteiger partial charge in [-0.15, -0.1) is 11.3 Å². The number of carbonyl (C=O) groups excluding carboxylic acids is 2. The first-order chi connectivity index (χ1) is 18.7. The molecule has 0 saturated carbocycles. The van der Waals surface area contributed by atoms with Gasteiger partial charge >= 0.3 is 12.2 Å². The number of amides is 2. The summed E-state index contributed by atoms with van der Waals surface area (Å²) >= 11 is 1.44. The maximum atomic E-state index is 13.0. The Morgan fingerprint density at radius 3 is 1.61 bits per heavy atom. The van der Waals surface area contributed by atoms with Gasteiger partial charge in [-0.05, 0) is 23.1 Å². The van der Waals surface area contributed by atoms with Crippen LogP contribution < -0.4 is 0 Å². The Hall–Kier alpha value is -4.17. The Balaban J connectivity index is 1.38. The van der Waals surface area contributed by atoms with Crippen LogP contribution in [0.1, 0.15) is 28.0 Å². The van der Waals surface area contributed by atoms with E-state index in [9.17, 15) is 9.59 Å². The molecule has 7 nitrogen and oxygen atoms in total. The van der Waals surface area contributed by atoms with E-state index in [1.165, 1.54) is 11.3 Å². The highest BCUT2D eigenvalue weighted by Gasteiger charge is 2.19. The summed E-state index contributed by atoms with van der Waals surface area (Å²) in [7, 11) is 0. The van der Waals surface area contributed by atoms with Crippen LogP contribution in [0.25, 0.3) is 0 Å². The summed E-state index contributed by atoms with van der Waals surface area (Å²) in [5.74, 6) is 0. The molecule has 0 bridgehead atoms. The Kier molecular flexibility index (Phi) is 10.3. The van der Waals surface area contributed by atoms with Crippen molar-refractivity contribution in [3.05, 3.63) is 124 Å². The zero-order chi connectivity index (χ0) is 26.4. The molecule has 0 fully saturated rings. The summed E-state index contributed by atoms with van der Waals surface area (Å²) in [6.07, 6.45) is 1.47. The molecule has 1 heterocycles. The van der Waals surface area contributed by atoms with Crippen LogP contribution in [0.15, 0.2) is 103 Å². The molecule has 2 amide bonds. The summed E-state index contributed by atoms with van der Waals surface area (Å²) in [6.45, 7) is 2.07. The van der Waals surface area contributed by atoms with Crippen LogP contribution in [0.3, 0.4) is 0 Å². The molecule has 4 aromatic rings. The molecule has 196 valence electrons. The maximum Gasteiger partial charge on any atom is 0.410 e. The van der Waals surface area contributed by atoms with Crippen molar-refractivity contribution in [1.29, 1.82) is 0 Å². The first kappa shape index (κ1) is 26.9. The van der Waals surface area contributed by atoms with Crippen LogP contribution in [0.5, 0.6) is 0 Å². The molecule has 0 N–H and O–H groups in total. The first-order valence-corrected chi connectivity index (χ1v) is 13.4. The number of nitrogens with zero attached hydrogens (tertiary/aromatic N) is 3. The molecule has 0 atom stereocenters. The van der Waals surface area contributed by atoms with Gasteiger partial charge in [-0.1, -0.05) is 91.0 Å². The molecule has 38 heavy (non-hydrogen) atoms. The van der Waals surface area contributed by atoms with E-state index in [0.717, 1.165) is 21.6 Å². The molecule has 0 aliphatic carbocycles. The van der Waals surface area contributed by atoms with Crippen LogP contribution in [-0.2, 0) is 35.8 Å². The highest BCUT2D eigenvalue weighted by atomic mass is 32.1. The smallest absolute Gasteiger partial charge is 0.410 e. The lowest BCUT2D eigenvalue weighted by Crippen LogP contribution is -2.36. The largest absolute Gasteiger partial charge is 0.445 e. The van der Waals surface area contributed by atoms with Gasteiger partial charge in [0.2, 0.25) is 0 Å². The van der Waals surface area contributed by atoms with E-state index in [1.54, 1.807) is 21.5 Å². The topological polar surface area (TPSA) is 72.0 Å². The lowest BCUT2D eigenvalue weighted by Gasteiger charge is -2.26. The van der Waals surface area contributed by atoms with Gasteiger partial charge in [0.05, 0.1) is 10.4 Å². The molecular weight excluding hydrogens is 498 g/mol.